The minimum Gasteiger partial charge on any atom is -0.417 e. The average Bonchev–Trinajstić information content (AvgIpc) is 3.56. The second-order valence-electron chi connectivity index (χ2n) is 8.59. The Labute approximate surface area is 209 Å². The molecule has 7 rings (SSSR count). The van der Waals surface area contributed by atoms with Gasteiger partial charge in [-0.25, -0.2) is 0 Å². The molecule has 0 amide bonds. The average molecular weight is 485 g/mol. The standard InChI is InChI=1S/C30H16N2O3S/c33-26-22-14-20-8-4-5-9-21(20)15-23(22)27(34)24(26)16-25-31-30-28(35-25)32-29(36-30)19-12-10-18(11-13-19)17-6-2-1-3-7-17/h1-16H. The summed E-state index contributed by atoms with van der Waals surface area (Å²) in [6.07, 6.45) is 1.43. The van der Waals surface area contributed by atoms with E-state index in [0.29, 0.717) is 21.7 Å². The van der Waals surface area contributed by atoms with Crippen molar-refractivity contribution in [1.29, 1.82) is 0 Å². The lowest BCUT2D eigenvalue weighted by molar-refractivity contribution is 0.0990. The quantitative estimate of drug-likeness (QED) is 0.196. The van der Waals surface area contributed by atoms with Crippen LogP contribution in [0.15, 0.2) is 101 Å². The Balaban J connectivity index is 1.19. The maximum Gasteiger partial charge on any atom is 0.259 e. The number of rotatable bonds is 3. The summed E-state index contributed by atoms with van der Waals surface area (Å²) in [7, 11) is 0. The molecule has 0 atom stereocenters. The zero-order chi connectivity index (χ0) is 24.2. The number of Topliss-reactive ketones (excluding diaryl/α,β-unsaturated/α-hetero) is 2. The van der Waals surface area contributed by atoms with Gasteiger partial charge in [-0.1, -0.05) is 90.2 Å². The summed E-state index contributed by atoms with van der Waals surface area (Å²) in [4.78, 5) is 35.7. The lowest BCUT2D eigenvalue weighted by Crippen LogP contribution is -2.00. The fourth-order valence-electron chi connectivity index (χ4n) is 4.54. The van der Waals surface area contributed by atoms with Gasteiger partial charge in [0, 0.05) is 22.8 Å². The van der Waals surface area contributed by atoms with E-state index in [2.05, 4.69) is 34.2 Å². The van der Waals surface area contributed by atoms with Crippen LogP contribution in [-0.2, 0) is 0 Å². The van der Waals surface area contributed by atoms with Crippen molar-refractivity contribution in [2.75, 3.05) is 0 Å². The van der Waals surface area contributed by atoms with E-state index in [0.717, 1.165) is 32.5 Å². The number of nitrogens with zero attached hydrogens (tertiary/aromatic N) is 2. The van der Waals surface area contributed by atoms with Crippen LogP contribution in [0.25, 0.3) is 49.1 Å². The lowest BCUT2D eigenvalue weighted by Gasteiger charge is -2.02. The number of hydrogen-bond donors (Lipinski definition) is 0. The second kappa shape index (κ2) is 7.93. The first-order valence-corrected chi connectivity index (χ1v) is 12.2. The zero-order valence-corrected chi connectivity index (χ0v) is 19.6. The number of allylic oxidation sites excluding steroid dienone is 1. The maximum atomic E-state index is 13.0. The van der Waals surface area contributed by atoms with Gasteiger partial charge in [0.25, 0.3) is 5.71 Å². The molecule has 0 saturated carbocycles. The molecule has 6 aromatic rings. The summed E-state index contributed by atoms with van der Waals surface area (Å²) in [5.74, 6) is -0.423. The Morgan fingerprint density at radius 2 is 1.25 bits per heavy atom. The number of thiazole rings is 1. The molecule has 0 unspecified atom stereocenters. The fourth-order valence-corrected chi connectivity index (χ4v) is 5.42. The van der Waals surface area contributed by atoms with E-state index in [-0.39, 0.29) is 23.0 Å². The molecule has 2 aromatic heterocycles. The normalized spacial score (nSPS) is 13.1. The van der Waals surface area contributed by atoms with E-state index in [4.69, 9.17) is 4.42 Å². The van der Waals surface area contributed by atoms with E-state index in [1.54, 1.807) is 12.1 Å². The third kappa shape index (κ3) is 3.31. The molecule has 0 N–H and O–H groups in total. The highest BCUT2D eigenvalue weighted by molar-refractivity contribution is 7.21. The summed E-state index contributed by atoms with van der Waals surface area (Å²) in [5, 5.41) is 2.63. The molecule has 0 aliphatic heterocycles. The van der Waals surface area contributed by atoms with E-state index in [1.807, 2.05) is 54.6 Å². The van der Waals surface area contributed by atoms with Crippen LogP contribution < -0.4 is 0 Å². The van der Waals surface area contributed by atoms with Crippen molar-refractivity contribution in [2.45, 2.75) is 0 Å². The van der Waals surface area contributed by atoms with Gasteiger partial charge in [-0.2, -0.15) is 9.97 Å². The van der Waals surface area contributed by atoms with Gasteiger partial charge in [0.1, 0.15) is 5.01 Å². The largest absolute Gasteiger partial charge is 0.417 e. The Hall–Kier alpha value is -4.68. The highest BCUT2D eigenvalue weighted by Crippen LogP contribution is 2.34. The van der Waals surface area contributed by atoms with Crippen LogP contribution in [-0.4, -0.2) is 21.5 Å². The summed E-state index contributed by atoms with van der Waals surface area (Å²) >= 11 is 1.41. The summed E-state index contributed by atoms with van der Waals surface area (Å²) in [6, 6.07) is 29.6. The first-order chi connectivity index (χ1) is 17.6. The molecular weight excluding hydrogens is 468 g/mol. The Kier molecular flexibility index (Phi) is 4.56. The van der Waals surface area contributed by atoms with Crippen LogP contribution >= 0.6 is 11.3 Å². The predicted octanol–water partition coefficient (Wildman–Crippen LogP) is 7.23. The lowest BCUT2D eigenvalue weighted by atomic mass is 10.0. The highest BCUT2D eigenvalue weighted by Gasteiger charge is 2.34. The van der Waals surface area contributed by atoms with Gasteiger partial charge in [-0.15, -0.1) is 0 Å². The number of hydrogen-bond acceptors (Lipinski definition) is 6. The van der Waals surface area contributed by atoms with Crippen LogP contribution in [0.2, 0.25) is 0 Å². The molecular formula is C30H16N2O3S. The van der Waals surface area contributed by atoms with E-state index >= 15 is 0 Å². The van der Waals surface area contributed by atoms with E-state index < -0.39 is 0 Å². The third-order valence-corrected chi connectivity index (χ3v) is 7.34. The van der Waals surface area contributed by atoms with Gasteiger partial charge in [0.2, 0.25) is 5.89 Å². The molecule has 2 heterocycles. The van der Waals surface area contributed by atoms with Gasteiger partial charge < -0.3 is 4.42 Å². The van der Waals surface area contributed by atoms with Crippen molar-refractivity contribution in [3.8, 4) is 21.7 Å². The van der Waals surface area contributed by atoms with Crippen LogP contribution in [0.5, 0.6) is 0 Å². The van der Waals surface area contributed by atoms with Crippen LogP contribution in [0.3, 0.4) is 0 Å². The molecule has 0 saturated heterocycles. The number of oxazole rings is 1. The van der Waals surface area contributed by atoms with Gasteiger partial charge in [0.05, 0.1) is 5.57 Å². The highest BCUT2D eigenvalue weighted by atomic mass is 32.1. The van der Waals surface area contributed by atoms with Gasteiger partial charge in [-0.05, 0) is 34.0 Å². The minimum absolute atomic E-state index is 0.0610. The number of fused-ring (bicyclic) bond motifs is 3. The maximum absolute atomic E-state index is 13.0. The van der Waals surface area contributed by atoms with Crippen molar-refractivity contribution in [2.24, 2.45) is 0 Å². The van der Waals surface area contributed by atoms with Crippen molar-refractivity contribution in [3.63, 3.8) is 0 Å². The number of benzene rings is 4. The number of carbonyl (C=O) groups is 2. The number of carbonyl (C=O) groups excluding carboxylic acids is 2. The minimum atomic E-state index is -0.311. The van der Waals surface area contributed by atoms with Gasteiger partial charge in [-0.3, -0.25) is 9.59 Å². The fraction of sp³-hybridized carbons (Fsp3) is 0. The topological polar surface area (TPSA) is 73.1 Å². The molecule has 0 bridgehead atoms. The zero-order valence-electron chi connectivity index (χ0n) is 18.8. The Morgan fingerprint density at radius 3 is 1.89 bits per heavy atom. The number of aromatic nitrogens is 2. The van der Waals surface area contributed by atoms with Gasteiger partial charge >= 0.3 is 0 Å². The molecule has 170 valence electrons. The molecule has 0 fully saturated rings. The second-order valence-corrected chi connectivity index (χ2v) is 9.56. The van der Waals surface area contributed by atoms with Gasteiger partial charge in [0.15, 0.2) is 16.4 Å². The monoisotopic (exact) mass is 484 g/mol. The summed E-state index contributed by atoms with van der Waals surface area (Å²) < 4.78 is 5.81. The molecule has 4 aromatic carbocycles. The van der Waals surface area contributed by atoms with Crippen LogP contribution in [0, 0.1) is 0 Å². The van der Waals surface area contributed by atoms with Crippen LogP contribution in [0.4, 0.5) is 0 Å². The Morgan fingerprint density at radius 1 is 0.667 bits per heavy atom. The van der Waals surface area contributed by atoms with Crippen LogP contribution in [0.1, 0.15) is 26.6 Å². The van der Waals surface area contributed by atoms with E-state index in [9.17, 15) is 9.59 Å². The first-order valence-electron chi connectivity index (χ1n) is 11.4. The third-order valence-electron chi connectivity index (χ3n) is 6.36. The molecule has 36 heavy (non-hydrogen) atoms. The SMILES string of the molecule is O=C1C(=Cc2nc3sc(-c4ccc(-c5ccccc5)cc4)nc3o2)C(=O)c2cc3ccccc3cc21. The molecule has 5 nitrogen and oxygen atoms in total. The smallest absolute Gasteiger partial charge is 0.259 e. The Bertz CT molecular complexity index is 1770. The van der Waals surface area contributed by atoms with Crippen molar-refractivity contribution < 1.29 is 14.0 Å². The molecule has 6 heteroatoms. The van der Waals surface area contributed by atoms with Crippen molar-refractivity contribution >= 4 is 50.3 Å². The number of ketones is 2. The van der Waals surface area contributed by atoms with Crippen molar-refractivity contribution in [3.05, 3.63) is 114 Å². The molecule has 1 aliphatic carbocycles. The predicted molar refractivity (Wildman–Crippen MR) is 141 cm³/mol. The molecule has 1 aliphatic rings. The first kappa shape index (κ1) is 20.7. The summed E-state index contributed by atoms with van der Waals surface area (Å²) in [6.45, 7) is 0. The van der Waals surface area contributed by atoms with E-state index in [1.165, 1.54) is 17.4 Å². The summed E-state index contributed by atoms with van der Waals surface area (Å²) in [5.41, 5.74) is 4.53. The van der Waals surface area contributed by atoms with Crippen molar-refractivity contribution in [1.82, 2.24) is 9.97 Å². The molecule has 0 radical (unpaired) electrons. The molecule has 0 spiro atoms.